The minimum atomic E-state index is -0.0237. The van der Waals surface area contributed by atoms with Crippen molar-refractivity contribution in [2.24, 2.45) is 30.2 Å². The maximum Gasteiger partial charge on any atom is 0.275 e. The van der Waals surface area contributed by atoms with E-state index in [0.29, 0.717) is 23.9 Å². The number of pyridine rings is 1. The van der Waals surface area contributed by atoms with E-state index < -0.39 is 0 Å². The highest BCUT2D eigenvalue weighted by Gasteiger charge is 2.51. The van der Waals surface area contributed by atoms with E-state index in [2.05, 4.69) is 12.2 Å². The normalized spacial score (nSPS) is 31.3. The number of hydrogen-bond donors (Lipinski definition) is 1. The maximum atomic E-state index is 12.7. The highest BCUT2D eigenvalue weighted by molar-refractivity contribution is 5.79. The van der Waals surface area contributed by atoms with Crippen molar-refractivity contribution in [1.29, 1.82) is 0 Å². The van der Waals surface area contributed by atoms with E-state index in [0.717, 1.165) is 29.6 Å². The maximum absolute atomic E-state index is 12.7. The Labute approximate surface area is 172 Å². The van der Waals surface area contributed by atoms with Crippen molar-refractivity contribution in [1.82, 2.24) is 14.5 Å². The lowest BCUT2D eigenvalue weighted by Crippen LogP contribution is -2.49. The second-order valence-corrected chi connectivity index (χ2v) is 10.4. The van der Waals surface area contributed by atoms with Gasteiger partial charge in [-0.3, -0.25) is 9.59 Å². The molecule has 0 spiro atoms. The number of carbonyl (C=O) groups is 1. The summed E-state index contributed by atoms with van der Waals surface area (Å²) < 4.78 is 3.51. The van der Waals surface area contributed by atoms with Crippen molar-refractivity contribution in [2.45, 2.75) is 70.9 Å². The fourth-order valence-electron chi connectivity index (χ4n) is 7.32. The quantitative estimate of drug-likeness (QED) is 0.808. The molecule has 4 fully saturated rings. The number of aromatic nitrogens is 2. The highest BCUT2D eigenvalue weighted by atomic mass is 16.2. The zero-order valence-corrected chi connectivity index (χ0v) is 17.7. The average molecular weight is 396 g/mol. The predicted molar refractivity (Wildman–Crippen MR) is 115 cm³/mol. The summed E-state index contributed by atoms with van der Waals surface area (Å²) in [6.07, 6.45) is 13.7. The summed E-state index contributed by atoms with van der Waals surface area (Å²) in [7, 11) is 1.88. The van der Waals surface area contributed by atoms with Gasteiger partial charge < -0.3 is 14.5 Å². The van der Waals surface area contributed by atoms with Gasteiger partial charge in [-0.15, -0.1) is 0 Å². The molecule has 4 saturated carbocycles. The summed E-state index contributed by atoms with van der Waals surface area (Å²) in [4.78, 5) is 25.2. The standard InChI is InChI=1S/C24H33N3O2/c1-16(12-24-13-17-9-18(14-24)11-19(10-17)15-24)25-21(28)5-8-27-7-4-20-3-6-26(2)22(20)23(27)29/h3-4,6-7,16-19H,5,8-15H2,1-2H3,(H,25,28). The second-order valence-electron chi connectivity index (χ2n) is 10.4. The van der Waals surface area contributed by atoms with Crippen LogP contribution in [0.25, 0.3) is 10.9 Å². The summed E-state index contributed by atoms with van der Waals surface area (Å²) >= 11 is 0. The van der Waals surface area contributed by atoms with Crippen LogP contribution in [0.5, 0.6) is 0 Å². The molecule has 4 aliphatic rings. The van der Waals surface area contributed by atoms with Gasteiger partial charge in [-0.25, -0.2) is 0 Å². The largest absolute Gasteiger partial charge is 0.354 e. The Kier molecular flexibility index (Phi) is 4.60. The Morgan fingerprint density at radius 2 is 1.76 bits per heavy atom. The van der Waals surface area contributed by atoms with E-state index in [1.54, 1.807) is 10.8 Å². The van der Waals surface area contributed by atoms with Crippen LogP contribution in [0.15, 0.2) is 29.3 Å². The second kappa shape index (κ2) is 7.03. The number of amides is 1. The van der Waals surface area contributed by atoms with E-state index in [4.69, 9.17) is 0 Å². The molecule has 2 heterocycles. The molecule has 0 saturated heterocycles. The van der Waals surface area contributed by atoms with Crippen molar-refractivity contribution < 1.29 is 4.79 Å². The van der Waals surface area contributed by atoms with Crippen molar-refractivity contribution >= 4 is 16.8 Å². The summed E-state index contributed by atoms with van der Waals surface area (Å²) in [6.45, 7) is 2.59. The third-order valence-corrected chi connectivity index (χ3v) is 7.89. The van der Waals surface area contributed by atoms with Crippen molar-refractivity contribution in [2.75, 3.05) is 0 Å². The Bertz CT molecular complexity index is 950. The van der Waals surface area contributed by atoms with Gasteiger partial charge >= 0.3 is 0 Å². The van der Waals surface area contributed by atoms with Gasteiger partial charge in [-0.1, -0.05) is 0 Å². The summed E-state index contributed by atoms with van der Waals surface area (Å²) in [5.74, 6) is 2.90. The first-order valence-corrected chi connectivity index (χ1v) is 11.3. The van der Waals surface area contributed by atoms with Crippen LogP contribution in [0.1, 0.15) is 58.3 Å². The molecule has 4 aliphatic carbocycles. The molecule has 29 heavy (non-hydrogen) atoms. The first-order valence-electron chi connectivity index (χ1n) is 11.3. The van der Waals surface area contributed by atoms with Crippen molar-refractivity contribution in [3.05, 3.63) is 34.9 Å². The summed E-state index contributed by atoms with van der Waals surface area (Å²) in [5.41, 5.74) is 1.16. The van der Waals surface area contributed by atoms with E-state index >= 15 is 0 Å². The molecule has 156 valence electrons. The number of aryl methyl sites for hydroxylation is 2. The number of nitrogens with zero attached hydrogens (tertiary/aromatic N) is 2. The molecule has 5 heteroatoms. The molecular weight excluding hydrogens is 362 g/mol. The lowest BCUT2D eigenvalue weighted by Gasteiger charge is -2.57. The zero-order valence-electron chi connectivity index (χ0n) is 17.7. The van der Waals surface area contributed by atoms with Gasteiger partial charge in [0.25, 0.3) is 5.56 Å². The number of rotatable bonds is 6. The van der Waals surface area contributed by atoms with Crippen LogP contribution in [-0.2, 0) is 18.4 Å². The molecule has 2 aromatic heterocycles. The Morgan fingerprint density at radius 1 is 1.14 bits per heavy atom. The smallest absolute Gasteiger partial charge is 0.275 e. The lowest BCUT2D eigenvalue weighted by molar-refractivity contribution is -0.122. The number of nitrogens with one attached hydrogen (secondary N) is 1. The fourth-order valence-corrected chi connectivity index (χ4v) is 7.32. The minimum Gasteiger partial charge on any atom is -0.354 e. The van der Waals surface area contributed by atoms with Crippen LogP contribution in [-0.4, -0.2) is 21.1 Å². The third kappa shape index (κ3) is 3.53. The van der Waals surface area contributed by atoms with Gasteiger partial charge in [0.1, 0.15) is 5.52 Å². The Morgan fingerprint density at radius 3 is 2.41 bits per heavy atom. The van der Waals surface area contributed by atoms with Gasteiger partial charge in [-0.2, -0.15) is 0 Å². The molecule has 5 nitrogen and oxygen atoms in total. The highest BCUT2D eigenvalue weighted by Crippen LogP contribution is 2.61. The van der Waals surface area contributed by atoms with Crippen molar-refractivity contribution in [3.63, 3.8) is 0 Å². The summed E-state index contributed by atoms with van der Waals surface area (Å²) in [6, 6.07) is 4.11. The molecule has 1 amide bonds. The Balaban J connectivity index is 1.18. The average Bonchev–Trinajstić information content (AvgIpc) is 3.01. The van der Waals surface area contributed by atoms with Crippen LogP contribution in [0, 0.1) is 23.2 Å². The third-order valence-electron chi connectivity index (χ3n) is 7.89. The van der Waals surface area contributed by atoms with Crippen LogP contribution in [0.3, 0.4) is 0 Å². The molecule has 0 aliphatic heterocycles. The van der Waals surface area contributed by atoms with E-state index in [1.807, 2.05) is 29.9 Å². The molecule has 0 radical (unpaired) electrons. The molecule has 1 atom stereocenters. The van der Waals surface area contributed by atoms with Crippen LogP contribution >= 0.6 is 0 Å². The van der Waals surface area contributed by atoms with Gasteiger partial charge in [0, 0.05) is 43.8 Å². The van der Waals surface area contributed by atoms with Crippen molar-refractivity contribution in [3.8, 4) is 0 Å². The molecule has 4 bridgehead atoms. The predicted octanol–water partition coefficient (Wildman–Crippen LogP) is 3.84. The molecule has 2 aromatic rings. The minimum absolute atomic E-state index is 0.0237. The van der Waals surface area contributed by atoms with Gasteiger partial charge in [-0.05, 0) is 87.2 Å². The molecule has 0 aromatic carbocycles. The molecular formula is C24H33N3O2. The molecule has 1 N–H and O–H groups in total. The molecule has 6 rings (SSSR count). The number of hydrogen-bond acceptors (Lipinski definition) is 2. The Hall–Kier alpha value is -2.04. The van der Waals surface area contributed by atoms with Gasteiger partial charge in [0.05, 0.1) is 0 Å². The fraction of sp³-hybridized carbons (Fsp3) is 0.667. The van der Waals surface area contributed by atoms with Crippen LogP contribution < -0.4 is 10.9 Å². The van der Waals surface area contributed by atoms with E-state index in [9.17, 15) is 9.59 Å². The van der Waals surface area contributed by atoms with Crippen LogP contribution in [0.2, 0.25) is 0 Å². The number of carbonyl (C=O) groups excluding carboxylic acids is 1. The zero-order chi connectivity index (χ0) is 20.2. The lowest BCUT2D eigenvalue weighted by atomic mass is 9.48. The molecule has 1 unspecified atom stereocenters. The van der Waals surface area contributed by atoms with Crippen LogP contribution in [0.4, 0.5) is 0 Å². The SMILES string of the molecule is CC(CC12CC3CC(CC(C3)C1)C2)NC(=O)CCn1ccc2ccn(C)c2c1=O. The van der Waals surface area contributed by atoms with Gasteiger partial charge in [0.15, 0.2) is 0 Å². The monoisotopic (exact) mass is 395 g/mol. The summed E-state index contributed by atoms with van der Waals surface area (Å²) in [5, 5.41) is 4.18. The number of fused-ring (bicyclic) bond motifs is 1. The first-order chi connectivity index (χ1) is 13.9. The topological polar surface area (TPSA) is 56.0 Å². The van der Waals surface area contributed by atoms with E-state index in [-0.39, 0.29) is 17.5 Å². The first kappa shape index (κ1) is 19.0. The van der Waals surface area contributed by atoms with Gasteiger partial charge in [0.2, 0.25) is 5.91 Å². The van der Waals surface area contributed by atoms with E-state index in [1.165, 1.54) is 38.5 Å².